The smallest absolute Gasteiger partial charge is 0.0722 e. The largest absolute Gasteiger partial charge is 0.248 e. The van der Waals surface area contributed by atoms with Crippen LogP contribution < -0.4 is 0 Å². The molecule has 0 amide bonds. The summed E-state index contributed by atoms with van der Waals surface area (Å²) >= 11 is 0. The highest BCUT2D eigenvalue weighted by molar-refractivity contribution is 6.23. The minimum atomic E-state index is 0.975. The highest BCUT2D eigenvalue weighted by Crippen LogP contribution is 2.46. The van der Waals surface area contributed by atoms with E-state index in [1.165, 1.54) is 104 Å². The fourth-order valence-electron chi connectivity index (χ4n) is 9.50. The Morgan fingerprint density at radius 1 is 0.250 bits per heavy atom. The summed E-state index contributed by atoms with van der Waals surface area (Å²) in [5.41, 5.74) is 12.8. The maximum absolute atomic E-state index is 5.19. The minimum absolute atomic E-state index is 0.975. The molecular formula is C59H37N. The molecule has 0 radical (unpaired) electrons. The van der Waals surface area contributed by atoms with Gasteiger partial charge in [0.25, 0.3) is 0 Å². The quantitative estimate of drug-likeness (QED) is 0.126. The van der Waals surface area contributed by atoms with E-state index < -0.39 is 0 Å². The third kappa shape index (κ3) is 5.67. The molecule has 0 bridgehead atoms. The van der Waals surface area contributed by atoms with Crippen LogP contribution >= 0.6 is 0 Å². The van der Waals surface area contributed by atoms with Gasteiger partial charge in [0, 0.05) is 10.9 Å². The van der Waals surface area contributed by atoms with E-state index in [9.17, 15) is 0 Å². The first-order valence-electron chi connectivity index (χ1n) is 20.7. The molecule has 0 fully saturated rings. The number of nitrogens with zero attached hydrogens (tertiary/aromatic N) is 1. The Labute approximate surface area is 348 Å². The van der Waals surface area contributed by atoms with Crippen molar-refractivity contribution >= 4 is 64.8 Å². The average Bonchev–Trinajstić information content (AvgIpc) is 3.32. The number of fused-ring (bicyclic) bond motifs is 7. The molecule has 0 aliphatic heterocycles. The SMILES string of the molecule is c1ccc(-c2cc(-c3ccc(-c4ccc5c(-c6ccc7ccccc7c6)c6ccccc6c(-c6ccc7ccccc7c6)c5c4)cc3)c3c(ccc4ccccc43)n2)cc1. The van der Waals surface area contributed by atoms with E-state index in [-0.39, 0.29) is 0 Å². The van der Waals surface area contributed by atoms with Crippen LogP contribution in [-0.4, -0.2) is 4.98 Å². The molecule has 0 atom stereocenters. The zero-order valence-corrected chi connectivity index (χ0v) is 32.8. The van der Waals surface area contributed by atoms with E-state index in [0.717, 1.165) is 16.8 Å². The van der Waals surface area contributed by atoms with Crippen LogP contribution in [0.2, 0.25) is 0 Å². The summed E-state index contributed by atoms with van der Waals surface area (Å²) in [4.78, 5) is 5.19. The van der Waals surface area contributed by atoms with Crippen molar-refractivity contribution in [2.24, 2.45) is 0 Å². The van der Waals surface area contributed by atoms with Crippen molar-refractivity contribution < 1.29 is 0 Å². The molecule has 1 heterocycles. The molecule has 0 N–H and O–H groups in total. The highest BCUT2D eigenvalue weighted by Gasteiger charge is 2.19. The first-order valence-corrected chi connectivity index (χ1v) is 20.7. The minimum Gasteiger partial charge on any atom is -0.248 e. The zero-order chi connectivity index (χ0) is 39.6. The maximum atomic E-state index is 5.19. The summed E-state index contributed by atoms with van der Waals surface area (Å²) < 4.78 is 0. The molecule has 0 spiro atoms. The fraction of sp³-hybridized carbons (Fsp3) is 0. The number of pyridine rings is 1. The van der Waals surface area contributed by atoms with Gasteiger partial charge in [0.1, 0.15) is 0 Å². The average molecular weight is 760 g/mol. The lowest BCUT2D eigenvalue weighted by atomic mass is 9.84. The lowest BCUT2D eigenvalue weighted by molar-refractivity contribution is 1.40. The third-order valence-corrected chi connectivity index (χ3v) is 12.4. The monoisotopic (exact) mass is 759 g/mol. The standard InChI is InChI=1S/C59H37N/c1-2-15-43(16-3-1)56-37-53(59-49-19-9-8-14-41(49)31-33-55(59)60-56)42-26-22-40(23-27-42)46-30-32-52-54(36-46)58(48-29-25-39-13-5-7-18-45(39)35-48)51-21-11-10-20-50(51)57(52)47-28-24-38-12-4-6-17-44(38)34-47/h1-37H. The molecule has 1 heteroatoms. The Bertz CT molecular complexity index is 3640. The molecule has 1 nitrogen and oxygen atoms in total. The van der Waals surface area contributed by atoms with Crippen molar-refractivity contribution in [3.05, 3.63) is 224 Å². The van der Waals surface area contributed by atoms with E-state index in [1.807, 2.05) is 0 Å². The fourth-order valence-corrected chi connectivity index (χ4v) is 9.50. The molecule has 1 aromatic heterocycles. The zero-order valence-electron chi connectivity index (χ0n) is 32.8. The van der Waals surface area contributed by atoms with Gasteiger partial charge in [-0.1, -0.05) is 194 Å². The van der Waals surface area contributed by atoms with Crippen molar-refractivity contribution in [2.45, 2.75) is 0 Å². The molecule has 0 aliphatic rings. The second kappa shape index (κ2) is 13.9. The summed E-state index contributed by atoms with van der Waals surface area (Å²) in [7, 11) is 0. The van der Waals surface area contributed by atoms with Crippen LogP contribution in [0.1, 0.15) is 0 Å². The number of hydrogen-bond acceptors (Lipinski definition) is 1. The Morgan fingerprint density at radius 2 is 0.733 bits per heavy atom. The molecule has 278 valence electrons. The molecule has 0 unspecified atom stereocenters. The van der Waals surface area contributed by atoms with Crippen LogP contribution in [0.3, 0.4) is 0 Å². The number of benzene rings is 11. The molecule has 12 aromatic rings. The topological polar surface area (TPSA) is 12.9 Å². The summed E-state index contributed by atoms with van der Waals surface area (Å²) in [6.07, 6.45) is 0. The van der Waals surface area contributed by atoms with Crippen molar-refractivity contribution in [1.82, 2.24) is 4.98 Å². The van der Waals surface area contributed by atoms with Gasteiger partial charge in [-0.25, -0.2) is 4.98 Å². The second-order valence-corrected chi connectivity index (χ2v) is 15.9. The van der Waals surface area contributed by atoms with Gasteiger partial charge in [-0.15, -0.1) is 0 Å². The number of rotatable bonds is 5. The van der Waals surface area contributed by atoms with Crippen LogP contribution in [0.15, 0.2) is 224 Å². The van der Waals surface area contributed by atoms with E-state index in [1.54, 1.807) is 0 Å². The van der Waals surface area contributed by atoms with Crippen LogP contribution in [0.25, 0.3) is 121 Å². The number of aromatic nitrogens is 1. The van der Waals surface area contributed by atoms with Gasteiger partial charge < -0.3 is 0 Å². The van der Waals surface area contributed by atoms with Gasteiger partial charge in [0.2, 0.25) is 0 Å². The second-order valence-electron chi connectivity index (χ2n) is 15.9. The predicted molar refractivity (Wildman–Crippen MR) is 256 cm³/mol. The Balaban J connectivity index is 1.07. The molecule has 0 aliphatic carbocycles. The highest BCUT2D eigenvalue weighted by atomic mass is 14.7. The lowest BCUT2D eigenvalue weighted by Crippen LogP contribution is -1.92. The van der Waals surface area contributed by atoms with E-state index in [0.29, 0.717) is 0 Å². The van der Waals surface area contributed by atoms with Crippen molar-refractivity contribution in [3.63, 3.8) is 0 Å². The summed E-state index contributed by atoms with van der Waals surface area (Å²) in [5.74, 6) is 0. The van der Waals surface area contributed by atoms with Crippen LogP contribution in [0.5, 0.6) is 0 Å². The third-order valence-electron chi connectivity index (χ3n) is 12.4. The molecule has 11 aromatic carbocycles. The van der Waals surface area contributed by atoms with Gasteiger partial charge >= 0.3 is 0 Å². The van der Waals surface area contributed by atoms with Gasteiger partial charge in [0.15, 0.2) is 0 Å². The first kappa shape index (κ1) is 34.2. The van der Waals surface area contributed by atoms with Crippen LogP contribution in [0.4, 0.5) is 0 Å². The Morgan fingerprint density at radius 3 is 1.40 bits per heavy atom. The van der Waals surface area contributed by atoms with Gasteiger partial charge in [0.05, 0.1) is 11.2 Å². The van der Waals surface area contributed by atoms with Crippen molar-refractivity contribution in [3.8, 4) is 55.8 Å². The van der Waals surface area contributed by atoms with Crippen LogP contribution in [0, 0.1) is 0 Å². The van der Waals surface area contributed by atoms with Gasteiger partial charge in [-0.2, -0.15) is 0 Å². The van der Waals surface area contributed by atoms with Crippen LogP contribution in [-0.2, 0) is 0 Å². The van der Waals surface area contributed by atoms with Gasteiger partial charge in [-0.3, -0.25) is 0 Å². The molecule has 60 heavy (non-hydrogen) atoms. The summed E-state index contributed by atoms with van der Waals surface area (Å²) in [6, 6.07) is 82.1. The number of hydrogen-bond donors (Lipinski definition) is 0. The first-order chi connectivity index (χ1) is 29.7. The van der Waals surface area contributed by atoms with E-state index >= 15 is 0 Å². The Hall–Kier alpha value is -7.87. The Kier molecular flexibility index (Phi) is 7.92. The predicted octanol–water partition coefficient (Wildman–Crippen LogP) is 16.3. The molecular weight excluding hydrogens is 723 g/mol. The molecule has 0 saturated heterocycles. The normalized spacial score (nSPS) is 11.7. The summed E-state index contributed by atoms with van der Waals surface area (Å²) in [5, 5.41) is 13.6. The van der Waals surface area contributed by atoms with Crippen molar-refractivity contribution in [1.29, 1.82) is 0 Å². The van der Waals surface area contributed by atoms with Gasteiger partial charge in [-0.05, 0) is 129 Å². The molecule has 12 rings (SSSR count). The molecule has 0 saturated carbocycles. The van der Waals surface area contributed by atoms with E-state index in [2.05, 4.69) is 224 Å². The lowest BCUT2D eigenvalue weighted by Gasteiger charge is -2.19. The van der Waals surface area contributed by atoms with Crippen molar-refractivity contribution in [2.75, 3.05) is 0 Å². The summed E-state index contributed by atoms with van der Waals surface area (Å²) in [6.45, 7) is 0. The van der Waals surface area contributed by atoms with E-state index in [4.69, 9.17) is 4.98 Å². The maximum Gasteiger partial charge on any atom is 0.0722 e.